The average Bonchev–Trinajstić information content (AvgIpc) is 2.04. The number of nitrogens with zero attached hydrogens (tertiary/aromatic N) is 1. The first-order valence-electron chi connectivity index (χ1n) is 4.08. The molecule has 0 saturated heterocycles. The van der Waals surface area contributed by atoms with Gasteiger partial charge in [0.2, 0.25) is 5.91 Å². The van der Waals surface area contributed by atoms with Gasteiger partial charge in [0.25, 0.3) is 0 Å². The van der Waals surface area contributed by atoms with Crippen LogP contribution < -0.4 is 11.1 Å². The van der Waals surface area contributed by atoms with Crippen molar-refractivity contribution < 1.29 is 4.79 Å². The summed E-state index contributed by atoms with van der Waals surface area (Å²) in [4.78, 5) is 15.1. The molecule has 1 aromatic heterocycles. The molecule has 1 heterocycles. The third-order valence-corrected chi connectivity index (χ3v) is 1.58. The quantitative estimate of drug-likeness (QED) is 0.701. The number of hydrogen-bond donors (Lipinski definition) is 2. The van der Waals surface area contributed by atoms with Crippen molar-refractivity contribution in [3.63, 3.8) is 0 Å². The van der Waals surface area contributed by atoms with E-state index in [2.05, 4.69) is 10.3 Å². The van der Waals surface area contributed by atoms with Crippen LogP contribution in [-0.2, 0) is 4.79 Å². The lowest BCUT2D eigenvalue weighted by molar-refractivity contribution is -0.117. The average molecular weight is 179 g/mol. The standard InChI is InChI=1S/C9H13N3O/c1-6-3-4-11-8(5-6)12-9(13)7(2)10/h3-5,7H,10H2,1-2H3,(H,11,12,13)/t7-/m1/s1. The van der Waals surface area contributed by atoms with Crippen molar-refractivity contribution in [2.24, 2.45) is 5.73 Å². The van der Waals surface area contributed by atoms with Gasteiger partial charge in [-0.05, 0) is 31.5 Å². The van der Waals surface area contributed by atoms with Crippen LogP contribution in [0.3, 0.4) is 0 Å². The summed E-state index contributed by atoms with van der Waals surface area (Å²) in [6, 6.07) is 3.14. The van der Waals surface area contributed by atoms with Crippen LogP contribution in [-0.4, -0.2) is 16.9 Å². The second kappa shape index (κ2) is 4.00. The fourth-order valence-electron chi connectivity index (χ4n) is 0.845. The molecule has 0 unspecified atom stereocenters. The molecule has 0 fully saturated rings. The Morgan fingerprint density at radius 2 is 2.38 bits per heavy atom. The van der Waals surface area contributed by atoms with Crippen molar-refractivity contribution in [3.8, 4) is 0 Å². The zero-order valence-corrected chi connectivity index (χ0v) is 7.74. The monoisotopic (exact) mass is 179 g/mol. The number of pyridine rings is 1. The zero-order chi connectivity index (χ0) is 9.84. The predicted molar refractivity (Wildman–Crippen MR) is 51.3 cm³/mol. The number of nitrogens with two attached hydrogens (primary N) is 1. The van der Waals surface area contributed by atoms with Gasteiger partial charge in [0, 0.05) is 6.20 Å². The lowest BCUT2D eigenvalue weighted by Gasteiger charge is -2.06. The lowest BCUT2D eigenvalue weighted by atomic mass is 10.3. The van der Waals surface area contributed by atoms with Gasteiger partial charge in [-0.3, -0.25) is 4.79 Å². The summed E-state index contributed by atoms with van der Waals surface area (Å²) in [5.41, 5.74) is 6.43. The molecule has 1 atom stereocenters. The first-order chi connectivity index (χ1) is 6.09. The highest BCUT2D eigenvalue weighted by Gasteiger charge is 2.07. The number of carbonyl (C=O) groups is 1. The van der Waals surface area contributed by atoms with E-state index in [4.69, 9.17) is 5.73 Å². The fourth-order valence-corrected chi connectivity index (χ4v) is 0.845. The Hall–Kier alpha value is -1.42. The minimum absolute atomic E-state index is 0.224. The summed E-state index contributed by atoms with van der Waals surface area (Å²) in [5.74, 6) is 0.320. The summed E-state index contributed by atoms with van der Waals surface area (Å²) in [6.45, 7) is 3.56. The minimum Gasteiger partial charge on any atom is -0.320 e. The molecule has 3 N–H and O–H groups in total. The number of carbonyl (C=O) groups excluding carboxylic acids is 1. The summed E-state index contributed by atoms with van der Waals surface area (Å²) < 4.78 is 0. The van der Waals surface area contributed by atoms with Crippen LogP contribution in [0, 0.1) is 6.92 Å². The Morgan fingerprint density at radius 1 is 1.69 bits per heavy atom. The van der Waals surface area contributed by atoms with Crippen LogP contribution in [0.1, 0.15) is 12.5 Å². The Bertz CT molecular complexity index is 309. The summed E-state index contributed by atoms with van der Waals surface area (Å²) in [5, 5.41) is 2.61. The summed E-state index contributed by atoms with van der Waals surface area (Å²) in [7, 11) is 0. The molecule has 4 nitrogen and oxygen atoms in total. The van der Waals surface area contributed by atoms with Crippen molar-refractivity contribution >= 4 is 11.7 Å². The lowest BCUT2D eigenvalue weighted by Crippen LogP contribution is -2.32. The Labute approximate surface area is 77.2 Å². The van der Waals surface area contributed by atoms with Gasteiger partial charge in [0.15, 0.2) is 0 Å². The molecule has 4 heteroatoms. The highest BCUT2D eigenvalue weighted by atomic mass is 16.2. The van der Waals surface area contributed by atoms with E-state index in [0.29, 0.717) is 5.82 Å². The number of aromatic nitrogens is 1. The van der Waals surface area contributed by atoms with E-state index in [9.17, 15) is 4.79 Å². The van der Waals surface area contributed by atoms with E-state index < -0.39 is 6.04 Å². The molecule has 0 bridgehead atoms. The maximum atomic E-state index is 11.1. The Kier molecular flexibility index (Phi) is 2.97. The van der Waals surface area contributed by atoms with Crippen molar-refractivity contribution in [2.75, 3.05) is 5.32 Å². The molecule has 0 radical (unpaired) electrons. The second-order valence-corrected chi connectivity index (χ2v) is 3.00. The van der Waals surface area contributed by atoms with E-state index in [0.717, 1.165) is 5.56 Å². The van der Waals surface area contributed by atoms with Crippen molar-refractivity contribution in [1.29, 1.82) is 0 Å². The Balaban J connectivity index is 2.69. The summed E-state index contributed by atoms with van der Waals surface area (Å²) >= 11 is 0. The molecule has 70 valence electrons. The molecule has 0 saturated carbocycles. The topological polar surface area (TPSA) is 68.0 Å². The number of anilines is 1. The van der Waals surface area contributed by atoms with Gasteiger partial charge in [0.1, 0.15) is 5.82 Å². The van der Waals surface area contributed by atoms with Gasteiger partial charge >= 0.3 is 0 Å². The van der Waals surface area contributed by atoms with Crippen LogP contribution in [0.2, 0.25) is 0 Å². The molecule has 0 aliphatic heterocycles. The third-order valence-electron chi connectivity index (χ3n) is 1.58. The van der Waals surface area contributed by atoms with E-state index in [1.54, 1.807) is 19.2 Å². The molecular weight excluding hydrogens is 166 g/mol. The molecule has 1 aromatic rings. The maximum Gasteiger partial charge on any atom is 0.242 e. The number of hydrogen-bond acceptors (Lipinski definition) is 3. The number of nitrogens with one attached hydrogen (secondary N) is 1. The van der Waals surface area contributed by atoms with Crippen LogP contribution in [0.5, 0.6) is 0 Å². The Morgan fingerprint density at radius 3 is 2.92 bits per heavy atom. The highest BCUT2D eigenvalue weighted by molar-refractivity contribution is 5.93. The van der Waals surface area contributed by atoms with Crippen LogP contribution in [0.4, 0.5) is 5.82 Å². The number of aryl methyl sites for hydroxylation is 1. The van der Waals surface area contributed by atoms with E-state index in [1.807, 2.05) is 13.0 Å². The SMILES string of the molecule is Cc1ccnc(NC(=O)[C@@H](C)N)c1. The molecule has 0 spiro atoms. The number of rotatable bonds is 2. The van der Waals surface area contributed by atoms with Crippen molar-refractivity contribution in [1.82, 2.24) is 4.98 Å². The first kappa shape index (κ1) is 9.67. The largest absolute Gasteiger partial charge is 0.320 e. The van der Waals surface area contributed by atoms with Crippen LogP contribution >= 0.6 is 0 Å². The van der Waals surface area contributed by atoms with E-state index in [-0.39, 0.29) is 5.91 Å². The minimum atomic E-state index is -0.512. The molecule has 0 aliphatic rings. The number of amides is 1. The van der Waals surface area contributed by atoms with Crippen LogP contribution in [0.25, 0.3) is 0 Å². The molecule has 1 rings (SSSR count). The van der Waals surface area contributed by atoms with Gasteiger partial charge in [-0.2, -0.15) is 0 Å². The van der Waals surface area contributed by atoms with Gasteiger partial charge < -0.3 is 11.1 Å². The van der Waals surface area contributed by atoms with E-state index in [1.165, 1.54) is 0 Å². The molecule has 0 aliphatic carbocycles. The first-order valence-corrected chi connectivity index (χ1v) is 4.08. The molecular formula is C9H13N3O. The fraction of sp³-hybridized carbons (Fsp3) is 0.333. The summed E-state index contributed by atoms with van der Waals surface area (Å²) in [6.07, 6.45) is 1.64. The molecule has 1 amide bonds. The van der Waals surface area contributed by atoms with Gasteiger partial charge in [0.05, 0.1) is 6.04 Å². The second-order valence-electron chi connectivity index (χ2n) is 3.00. The molecule has 0 aromatic carbocycles. The maximum absolute atomic E-state index is 11.1. The normalized spacial score (nSPS) is 12.2. The van der Waals surface area contributed by atoms with Gasteiger partial charge in [-0.1, -0.05) is 0 Å². The zero-order valence-electron chi connectivity index (χ0n) is 7.74. The predicted octanol–water partition coefficient (Wildman–Crippen LogP) is 0.676. The van der Waals surface area contributed by atoms with Gasteiger partial charge in [-0.25, -0.2) is 4.98 Å². The highest BCUT2D eigenvalue weighted by Crippen LogP contribution is 2.04. The van der Waals surface area contributed by atoms with Crippen LogP contribution in [0.15, 0.2) is 18.3 Å². The van der Waals surface area contributed by atoms with E-state index >= 15 is 0 Å². The third kappa shape index (κ3) is 2.83. The smallest absolute Gasteiger partial charge is 0.242 e. The molecule has 13 heavy (non-hydrogen) atoms. The van der Waals surface area contributed by atoms with Crippen molar-refractivity contribution in [3.05, 3.63) is 23.9 Å². The van der Waals surface area contributed by atoms with Gasteiger partial charge in [-0.15, -0.1) is 0 Å². The van der Waals surface area contributed by atoms with Crippen molar-refractivity contribution in [2.45, 2.75) is 19.9 Å².